The fourth-order valence-corrected chi connectivity index (χ4v) is 4.59. The Balaban J connectivity index is 1.19. The number of carbonyl (C=O) groups is 3. The van der Waals surface area contributed by atoms with E-state index in [2.05, 4.69) is 10.1 Å². The van der Waals surface area contributed by atoms with E-state index in [0.717, 1.165) is 28.6 Å². The molecule has 1 fully saturated rings. The number of Topliss-reactive ketones (excluding diaryl/α,β-unsaturated/α-hetero) is 1. The van der Waals surface area contributed by atoms with Gasteiger partial charge in [0.05, 0.1) is 5.52 Å². The summed E-state index contributed by atoms with van der Waals surface area (Å²) in [6, 6.07) is 20.5. The number of fused-ring (bicyclic) bond motifs is 1. The molecule has 1 aliphatic heterocycles. The summed E-state index contributed by atoms with van der Waals surface area (Å²) in [5, 5.41) is 5.42. The standard InChI is InChI=1S/C29H29N5O3/c1-2-24-9-6-10-26(30-24)27(35)18-21-11-12-25-23(17-21)19-34(31-25)20-28(36)32-13-15-33(16-14-32)29(37)22-7-4-3-5-8-22/h3-12,17,19H,2,13-16,18,20H2,1H3. The van der Waals surface area contributed by atoms with Crippen LogP contribution in [-0.4, -0.2) is 68.3 Å². The van der Waals surface area contributed by atoms with Crippen LogP contribution in [0.3, 0.4) is 0 Å². The van der Waals surface area contributed by atoms with Crippen LogP contribution in [0.15, 0.2) is 72.9 Å². The molecular formula is C29H29N5O3. The van der Waals surface area contributed by atoms with Crippen molar-refractivity contribution in [3.63, 3.8) is 0 Å². The average Bonchev–Trinajstić information content (AvgIpc) is 3.34. The summed E-state index contributed by atoms with van der Waals surface area (Å²) >= 11 is 0. The second kappa shape index (κ2) is 10.7. The number of hydrogen-bond acceptors (Lipinski definition) is 5. The molecule has 4 aromatic rings. The molecule has 0 atom stereocenters. The number of amides is 2. The molecule has 0 N–H and O–H groups in total. The van der Waals surface area contributed by atoms with Crippen LogP contribution in [0.25, 0.3) is 10.9 Å². The summed E-state index contributed by atoms with van der Waals surface area (Å²) in [7, 11) is 0. The highest BCUT2D eigenvalue weighted by atomic mass is 16.2. The molecule has 2 aromatic carbocycles. The number of carbonyl (C=O) groups excluding carboxylic acids is 3. The third kappa shape index (κ3) is 5.58. The van der Waals surface area contributed by atoms with E-state index in [4.69, 9.17) is 0 Å². The summed E-state index contributed by atoms with van der Waals surface area (Å²) in [6.45, 7) is 4.15. The zero-order valence-electron chi connectivity index (χ0n) is 20.8. The van der Waals surface area contributed by atoms with Gasteiger partial charge in [0.15, 0.2) is 5.78 Å². The van der Waals surface area contributed by atoms with Gasteiger partial charge in [0.25, 0.3) is 5.91 Å². The van der Waals surface area contributed by atoms with Crippen LogP contribution in [0.2, 0.25) is 0 Å². The summed E-state index contributed by atoms with van der Waals surface area (Å²) in [5.74, 6) is -0.0619. The van der Waals surface area contributed by atoms with E-state index in [9.17, 15) is 14.4 Å². The molecule has 0 bridgehead atoms. The molecular weight excluding hydrogens is 466 g/mol. The molecule has 0 aliphatic carbocycles. The lowest BCUT2D eigenvalue weighted by Crippen LogP contribution is -2.51. The van der Waals surface area contributed by atoms with E-state index in [1.807, 2.05) is 73.8 Å². The third-order valence-corrected chi connectivity index (χ3v) is 6.67. The van der Waals surface area contributed by atoms with Crippen LogP contribution in [0.4, 0.5) is 0 Å². The highest BCUT2D eigenvalue weighted by molar-refractivity contribution is 5.96. The van der Waals surface area contributed by atoms with Gasteiger partial charge in [-0.1, -0.05) is 37.3 Å². The number of benzene rings is 2. The lowest BCUT2D eigenvalue weighted by atomic mass is 10.0. The van der Waals surface area contributed by atoms with Crippen molar-refractivity contribution in [2.45, 2.75) is 26.3 Å². The van der Waals surface area contributed by atoms with Gasteiger partial charge in [0.1, 0.15) is 12.2 Å². The molecule has 37 heavy (non-hydrogen) atoms. The Morgan fingerprint density at radius 2 is 1.62 bits per heavy atom. The Kier molecular flexibility index (Phi) is 7.07. The molecule has 1 aliphatic rings. The first kappa shape index (κ1) is 24.4. The normalized spacial score (nSPS) is 13.6. The molecule has 3 heterocycles. The monoisotopic (exact) mass is 495 g/mol. The van der Waals surface area contributed by atoms with Crippen molar-refractivity contribution < 1.29 is 14.4 Å². The van der Waals surface area contributed by atoms with Gasteiger partial charge in [-0.3, -0.25) is 19.1 Å². The first-order chi connectivity index (χ1) is 18.0. The molecule has 2 aromatic heterocycles. The molecule has 0 spiro atoms. The van der Waals surface area contributed by atoms with Crippen LogP contribution in [0.1, 0.15) is 39.0 Å². The van der Waals surface area contributed by atoms with Crippen LogP contribution in [-0.2, 0) is 24.2 Å². The Morgan fingerprint density at radius 3 is 2.38 bits per heavy atom. The van der Waals surface area contributed by atoms with Gasteiger partial charge in [0, 0.05) is 55.4 Å². The largest absolute Gasteiger partial charge is 0.338 e. The highest BCUT2D eigenvalue weighted by Crippen LogP contribution is 2.17. The second-order valence-corrected chi connectivity index (χ2v) is 9.23. The van der Waals surface area contributed by atoms with Crippen LogP contribution in [0.5, 0.6) is 0 Å². The van der Waals surface area contributed by atoms with Crippen molar-refractivity contribution >= 4 is 28.5 Å². The SMILES string of the molecule is CCc1cccc(C(=O)Cc2ccc3nn(CC(=O)N4CCN(C(=O)c5ccccc5)CC4)cc3c2)n1. The first-order valence-corrected chi connectivity index (χ1v) is 12.6. The van der Waals surface area contributed by atoms with Gasteiger partial charge in [-0.15, -0.1) is 0 Å². The summed E-state index contributed by atoms with van der Waals surface area (Å²) in [6.07, 6.45) is 2.88. The van der Waals surface area contributed by atoms with E-state index >= 15 is 0 Å². The number of hydrogen-bond donors (Lipinski definition) is 0. The smallest absolute Gasteiger partial charge is 0.253 e. The van der Waals surface area contributed by atoms with Crippen LogP contribution >= 0.6 is 0 Å². The maximum absolute atomic E-state index is 12.9. The Hall–Kier alpha value is -4.33. The van der Waals surface area contributed by atoms with Crippen molar-refractivity contribution in [3.8, 4) is 0 Å². The Morgan fingerprint density at radius 1 is 0.865 bits per heavy atom. The number of aromatic nitrogens is 3. The van der Waals surface area contributed by atoms with Crippen molar-refractivity contribution in [2.24, 2.45) is 0 Å². The van der Waals surface area contributed by atoms with E-state index in [-0.39, 0.29) is 30.6 Å². The lowest BCUT2D eigenvalue weighted by Gasteiger charge is -2.34. The van der Waals surface area contributed by atoms with E-state index in [1.165, 1.54) is 0 Å². The highest BCUT2D eigenvalue weighted by Gasteiger charge is 2.25. The number of pyridine rings is 1. The predicted octanol–water partition coefficient (Wildman–Crippen LogP) is 3.40. The average molecular weight is 496 g/mol. The minimum absolute atomic E-state index is 0.00541. The maximum Gasteiger partial charge on any atom is 0.253 e. The molecule has 0 radical (unpaired) electrons. The van der Waals surface area contributed by atoms with E-state index in [0.29, 0.717) is 37.4 Å². The Bertz CT molecular complexity index is 1440. The molecule has 0 saturated carbocycles. The number of aryl methyl sites for hydroxylation is 1. The van der Waals surface area contributed by atoms with Crippen molar-refractivity contribution in [2.75, 3.05) is 26.2 Å². The topological polar surface area (TPSA) is 88.4 Å². The summed E-state index contributed by atoms with van der Waals surface area (Å²) in [4.78, 5) is 46.3. The molecule has 188 valence electrons. The molecule has 0 unspecified atom stereocenters. The number of piperazine rings is 1. The summed E-state index contributed by atoms with van der Waals surface area (Å²) in [5.41, 5.74) is 3.69. The molecule has 8 nitrogen and oxygen atoms in total. The first-order valence-electron chi connectivity index (χ1n) is 12.6. The van der Waals surface area contributed by atoms with Gasteiger partial charge in [-0.2, -0.15) is 5.10 Å². The number of rotatable bonds is 7. The van der Waals surface area contributed by atoms with Crippen LogP contribution < -0.4 is 0 Å². The minimum atomic E-state index is -0.0307. The lowest BCUT2D eigenvalue weighted by molar-refractivity contribution is -0.133. The summed E-state index contributed by atoms with van der Waals surface area (Å²) < 4.78 is 1.65. The van der Waals surface area contributed by atoms with E-state index < -0.39 is 0 Å². The van der Waals surface area contributed by atoms with Gasteiger partial charge in [-0.05, 0) is 48.4 Å². The van der Waals surface area contributed by atoms with Gasteiger partial charge in [-0.25, -0.2) is 4.98 Å². The maximum atomic E-state index is 12.9. The minimum Gasteiger partial charge on any atom is -0.338 e. The molecule has 5 rings (SSSR count). The second-order valence-electron chi connectivity index (χ2n) is 9.23. The molecule has 8 heteroatoms. The quantitative estimate of drug-likeness (QED) is 0.367. The predicted molar refractivity (Wildman–Crippen MR) is 140 cm³/mol. The van der Waals surface area contributed by atoms with E-state index in [1.54, 1.807) is 20.5 Å². The zero-order chi connectivity index (χ0) is 25.8. The fourth-order valence-electron chi connectivity index (χ4n) is 4.59. The number of ketones is 1. The molecule has 2 amide bonds. The third-order valence-electron chi connectivity index (χ3n) is 6.67. The van der Waals surface area contributed by atoms with Crippen molar-refractivity contribution in [1.29, 1.82) is 0 Å². The van der Waals surface area contributed by atoms with Crippen molar-refractivity contribution in [1.82, 2.24) is 24.6 Å². The molecule has 1 saturated heterocycles. The van der Waals surface area contributed by atoms with Gasteiger partial charge in [0.2, 0.25) is 5.91 Å². The van der Waals surface area contributed by atoms with Crippen molar-refractivity contribution in [3.05, 3.63) is 95.4 Å². The van der Waals surface area contributed by atoms with Gasteiger partial charge < -0.3 is 9.80 Å². The Labute approximate surface area is 215 Å². The van der Waals surface area contributed by atoms with Crippen LogP contribution in [0, 0.1) is 0 Å². The fraction of sp³-hybridized carbons (Fsp3) is 0.276. The van der Waals surface area contributed by atoms with Gasteiger partial charge >= 0.3 is 0 Å². The number of nitrogens with zero attached hydrogens (tertiary/aromatic N) is 5. The zero-order valence-corrected chi connectivity index (χ0v) is 20.8.